The Morgan fingerprint density at radius 3 is 2.11 bits per heavy atom. The maximum atomic E-state index is 9.69. The molecule has 150 valence electrons. The van der Waals surface area contributed by atoms with Crippen LogP contribution < -0.4 is 9.80 Å². The lowest BCUT2D eigenvalue weighted by Crippen LogP contribution is -2.56. The molecular formula is C22H32N6. The first kappa shape index (κ1) is 18.2. The Balaban J connectivity index is 1.36. The van der Waals surface area contributed by atoms with Gasteiger partial charge in [0.2, 0.25) is 0 Å². The monoisotopic (exact) mass is 380 g/mol. The third kappa shape index (κ3) is 3.46. The van der Waals surface area contributed by atoms with E-state index in [4.69, 9.17) is 4.98 Å². The number of pyridine rings is 1. The standard InChI is InChI=1S/C22H32N6/c23-15-18-7-8-21(27-13-11-25-9-3-1-5-19(25)16-27)24-22(18)28-14-12-26-10-4-2-6-20(26)17-28/h7-8,19-20H,1-6,9-14,16-17H2. The average molecular weight is 381 g/mol. The average Bonchev–Trinajstić information content (AvgIpc) is 2.78. The number of nitrogens with zero attached hydrogens (tertiary/aromatic N) is 6. The first-order chi connectivity index (χ1) is 13.8. The molecule has 0 bridgehead atoms. The van der Waals surface area contributed by atoms with E-state index in [-0.39, 0.29) is 0 Å². The Morgan fingerprint density at radius 2 is 1.43 bits per heavy atom. The van der Waals surface area contributed by atoms with E-state index >= 15 is 0 Å². The van der Waals surface area contributed by atoms with Gasteiger partial charge in [0, 0.05) is 51.4 Å². The van der Waals surface area contributed by atoms with Crippen molar-refractivity contribution in [3.63, 3.8) is 0 Å². The zero-order valence-corrected chi connectivity index (χ0v) is 16.9. The zero-order valence-electron chi connectivity index (χ0n) is 16.9. The molecule has 4 fully saturated rings. The predicted octanol–water partition coefficient (Wildman–Crippen LogP) is 2.30. The van der Waals surface area contributed by atoms with E-state index in [1.165, 1.54) is 51.6 Å². The summed E-state index contributed by atoms with van der Waals surface area (Å²) in [6.07, 6.45) is 7.96. The minimum absolute atomic E-state index is 0.630. The molecule has 4 saturated heterocycles. The van der Waals surface area contributed by atoms with Crippen molar-refractivity contribution in [1.82, 2.24) is 14.8 Å². The van der Waals surface area contributed by atoms with Gasteiger partial charge in [-0.3, -0.25) is 9.80 Å². The van der Waals surface area contributed by atoms with E-state index < -0.39 is 0 Å². The molecule has 1 aromatic heterocycles. The minimum Gasteiger partial charge on any atom is -0.354 e. The van der Waals surface area contributed by atoms with Crippen LogP contribution in [-0.2, 0) is 0 Å². The second kappa shape index (κ2) is 7.88. The topological polar surface area (TPSA) is 49.6 Å². The third-order valence-electron chi connectivity index (χ3n) is 7.28. The molecule has 6 heteroatoms. The second-order valence-corrected chi connectivity index (χ2v) is 8.92. The molecule has 5 heterocycles. The quantitative estimate of drug-likeness (QED) is 0.785. The Bertz CT molecular complexity index is 743. The van der Waals surface area contributed by atoms with Gasteiger partial charge in [0.15, 0.2) is 0 Å². The Kier molecular flexibility index (Phi) is 5.13. The highest BCUT2D eigenvalue weighted by molar-refractivity contribution is 5.59. The molecule has 0 amide bonds. The van der Waals surface area contributed by atoms with Crippen LogP contribution in [0.25, 0.3) is 0 Å². The van der Waals surface area contributed by atoms with Crippen molar-refractivity contribution in [3.8, 4) is 6.07 Å². The van der Waals surface area contributed by atoms with Crippen molar-refractivity contribution >= 4 is 11.6 Å². The van der Waals surface area contributed by atoms with E-state index in [0.717, 1.165) is 56.5 Å². The lowest BCUT2D eigenvalue weighted by molar-refractivity contribution is 0.132. The van der Waals surface area contributed by atoms with Crippen molar-refractivity contribution in [2.75, 3.05) is 62.2 Å². The number of hydrogen-bond donors (Lipinski definition) is 0. The Hall–Kier alpha value is -1.84. The van der Waals surface area contributed by atoms with Gasteiger partial charge in [-0.25, -0.2) is 4.98 Å². The number of aromatic nitrogens is 1. The summed E-state index contributed by atoms with van der Waals surface area (Å²) in [5, 5.41) is 9.69. The van der Waals surface area contributed by atoms with Gasteiger partial charge in [-0.15, -0.1) is 0 Å². The number of piperazine rings is 2. The normalized spacial score (nSPS) is 29.1. The summed E-state index contributed by atoms with van der Waals surface area (Å²) in [6, 6.07) is 7.77. The zero-order chi connectivity index (χ0) is 18.9. The summed E-state index contributed by atoms with van der Waals surface area (Å²) in [6.45, 7) is 8.86. The smallest absolute Gasteiger partial charge is 0.149 e. The van der Waals surface area contributed by atoms with E-state index in [1.54, 1.807) is 0 Å². The van der Waals surface area contributed by atoms with E-state index in [1.807, 2.05) is 6.07 Å². The molecule has 28 heavy (non-hydrogen) atoms. The molecule has 4 aliphatic heterocycles. The molecule has 2 unspecified atom stereocenters. The summed E-state index contributed by atoms with van der Waals surface area (Å²) in [5.74, 6) is 1.97. The summed E-state index contributed by atoms with van der Waals surface area (Å²) in [7, 11) is 0. The van der Waals surface area contributed by atoms with Crippen LogP contribution >= 0.6 is 0 Å². The molecule has 0 N–H and O–H groups in total. The number of piperidine rings is 2. The number of fused-ring (bicyclic) bond motifs is 2. The molecular weight excluding hydrogens is 348 g/mol. The van der Waals surface area contributed by atoms with Crippen molar-refractivity contribution in [3.05, 3.63) is 17.7 Å². The van der Waals surface area contributed by atoms with E-state index in [9.17, 15) is 5.26 Å². The summed E-state index contributed by atoms with van der Waals surface area (Å²) in [5.41, 5.74) is 0.726. The van der Waals surface area contributed by atoms with Crippen molar-refractivity contribution in [2.45, 2.75) is 50.6 Å². The van der Waals surface area contributed by atoms with Gasteiger partial charge in [0.05, 0.1) is 5.56 Å². The van der Waals surface area contributed by atoms with Gasteiger partial charge in [0.25, 0.3) is 0 Å². The molecule has 0 aromatic carbocycles. The van der Waals surface area contributed by atoms with Crippen LogP contribution in [-0.4, -0.2) is 79.2 Å². The van der Waals surface area contributed by atoms with Crippen LogP contribution in [0.3, 0.4) is 0 Å². The highest BCUT2D eigenvalue weighted by atomic mass is 15.3. The van der Waals surface area contributed by atoms with E-state index in [0.29, 0.717) is 12.1 Å². The molecule has 5 rings (SSSR count). The van der Waals surface area contributed by atoms with Gasteiger partial charge >= 0.3 is 0 Å². The van der Waals surface area contributed by atoms with Crippen LogP contribution in [0.15, 0.2) is 12.1 Å². The van der Waals surface area contributed by atoms with Gasteiger partial charge in [0.1, 0.15) is 17.7 Å². The maximum Gasteiger partial charge on any atom is 0.149 e. The van der Waals surface area contributed by atoms with Crippen LogP contribution in [0.4, 0.5) is 11.6 Å². The molecule has 0 saturated carbocycles. The predicted molar refractivity (Wildman–Crippen MR) is 112 cm³/mol. The molecule has 1 aromatic rings. The lowest BCUT2D eigenvalue weighted by Gasteiger charge is -2.45. The van der Waals surface area contributed by atoms with Crippen LogP contribution in [0.2, 0.25) is 0 Å². The fourth-order valence-electron chi connectivity index (χ4n) is 5.66. The van der Waals surface area contributed by atoms with Gasteiger partial charge in [-0.1, -0.05) is 12.8 Å². The van der Waals surface area contributed by atoms with Crippen molar-refractivity contribution in [1.29, 1.82) is 5.26 Å². The first-order valence-corrected chi connectivity index (χ1v) is 11.2. The Morgan fingerprint density at radius 1 is 0.786 bits per heavy atom. The number of nitriles is 1. The number of anilines is 2. The molecule has 6 nitrogen and oxygen atoms in total. The molecule has 2 atom stereocenters. The van der Waals surface area contributed by atoms with Crippen LogP contribution in [0.5, 0.6) is 0 Å². The highest BCUT2D eigenvalue weighted by Gasteiger charge is 2.32. The van der Waals surface area contributed by atoms with Gasteiger partial charge < -0.3 is 9.80 Å². The maximum absolute atomic E-state index is 9.69. The lowest BCUT2D eigenvalue weighted by atomic mass is 9.99. The fourth-order valence-corrected chi connectivity index (χ4v) is 5.66. The molecule has 0 spiro atoms. The second-order valence-electron chi connectivity index (χ2n) is 8.92. The third-order valence-corrected chi connectivity index (χ3v) is 7.28. The molecule has 0 aliphatic carbocycles. The van der Waals surface area contributed by atoms with Crippen LogP contribution in [0, 0.1) is 11.3 Å². The number of hydrogen-bond acceptors (Lipinski definition) is 6. The minimum atomic E-state index is 0.630. The van der Waals surface area contributed by atoms with Gasteiger partial charge in [-0.2, -0.15) is 5.26 Å². The Labute approximate surface area is 168 Å². The van der Waals surface area contributed by atoms with Gasteiger partial charge in [-0.05, 0) is 50.9 Å². The summed E-state index contributed by atoms with van der Waals surface area (Å²) >= 11 is 0. The van der Waals surface area contributed by atoms with Crippen molar-refractivity contribution in [2.24, 2.45) is 0 Å². The van der Waals surface area contributed by atoms with E-state index in [2.05, 4.69) is 31.7 Å². The van der Waals surface area contributed by atoms with Crippen LogP contribution in [0.1, 0.15) is 44.1 Å². The SMILES string of the molecule is N#Cc1ccc(N2CCN3CCCCC3C2)nc1N1CCN2CCCCC2C1. The molecule has 0 radical (unpaired) electrons. The summed E-state index contributed by atoms with van der Waals surface area (Å²) < 4.78 is 0. The summed E-state index contributed by atoms with van der Waals surface area (Å²) in [4.78, 5) is 15.2. The molecule has 4 aliphatic rings. The largest absolute Gasteiger partial charge is 0.354 e. The first-order valence-electron chi connectivity index (χ1n) is 11.2. The fraction of sp³-hybridized carbons (Fsp3) is 0.727. The highest BCUT2D eigenvalue weighted by Crippen LogP contribution is 2.29. The number of rotatable bonds is 2. The van der Waals surface area contributed by atoms with Crippen molar-refractivity contribution < 1.29 is 0 Å².